The third kappa shape index (κ3) is 2.77. The molecule has 0 spiro atoms. The Morgan fingerprint density at radius 2 is 2.17 bits per heavy atom. The molecule has 2 aromatic rings. The molecular weight excluding hydrogens is 306 g/mol. The maximum atomic E-state index is 13.1. The zero-order valence-corrected chi connectivity index (χ0v) is 13.8. The normalized spacial score (nSPS) is 23.5. The molecule has 0 saturated carbocycles. The summed E-state index contributed by atoms with van der Waals surface area (Å²) in [5.41, 5.74) is 1.01. The minimum atomic E-state index is -0.110. The van der Waals surface area contributed by atoms with Crippen molar-refractivity contribution in [3.63, 3.8) is 0 Å². The maximum Gasteiger partial charge on any atom is 0.230 e. The fourth-order valence-corrected chi connectivity index (χ4v) is 3.69. The van der Waals surface area contributed by atoms with Crippen molar-refractivity contribution < 1.29 is 14.1 Å². The van der Waals surface area contributed by atoms with Crippen molar-refractivity contribution in [2.24, 2.45) is 0 Å². The van der Waals surface area contributed by atoms with Crippen molar-refractivity contribution in [3.05, 3.63) is 41.5 Å². The van der Waals surface area contributed by atoms with E-state index in [0.717, 1.165) is 42.9 Å². The number of likely N-dealkylation sites (tertiary alicyclic amines) is 1. The predicted octanol–water partition coefficient (Wildman–Crippen LogP) is 2.65. The Kier molecular flexibility index (Phi) is 3.96. The number of amides is 1. The first-order chi connectivity index (χ1) is 11.7. The van der Waals surface area contributed by atoms with Crippen LogP contribution in [0.5, 0.6) is 5.75 Å². The van der Waals surface area contributed by atoms with Gasteiger partial charge in [0.1, 0.15) is 5.75 Å². The summed E-state index contributed by atoms with van der Waals surface area (Å²) in [5, 5.41) is 4.04. The number of hydrogen-bond donors (Lipinski definition) is 0. The number of para-hydroxylation sites is 1. The number of piperidine rings is 1. The summed E-state index contributed by atoms with van der Waals surface area (Å²) >= 11 is 0. The first-order valence-corrected chi connectivity index (χ1v) is 8.53. The van der Waals surface area contributed by atoms with Crippen LogP contribution in [0, 0.1) is 6.92 Å². The lowest BCUT2D eigenvalue weighted by Gasteiger charge is -2.35. The van der Waals surface area contributed by atoms with E-state index in [1.807, 2.05) is 29.2 Å². The number of benzene rings is 1. The zero-order valence-electron chi connectivity index (χ0n) is 13.8. The second-order valence-electron chi connectivity index (χ2n) is 6.52. The molecule has 1 amide bonds. The molecule has 6 heteroatoms. The van der Waals surface area contributed by atoms with Crippen LogP contribution >= 0.6 is 0 Å². The first-order valence-electron chi connectivity index (χ1n) is 8.53. The fraction of sp³-hybridized carbons (Fsp3) is 0.500. The Morgan fingerprint density at radius 3 is 3.00 bits per heavy atom. The van der Waals surface area contributed by atoms with E-state index >= 15 is 0 Å². The van der Waals surface area contributed by atoms with Gasteiger partial charge in [0, 0.05) is 31.5 Å². The summed E-state index contributed by atoms with van der Waals surface area (Å²) in [6, 6.07) is 7.85. The number of carbonyl (C=O) groups is 1. The molecule has 24 heavy (non-hydrogen) atoms. The molecule has 0 unspecified atom stereocenters. The summed E-state index contributed by atoms with van der Waals surface area (Å²) in [4.78, 5) is 19.4. The van der Waals surface area contributed by atoms with Gasteiger partial charge in [0.2, 0.25) is 11.8 Å². The molecular formula is C18H21N3O3. The summed E-state index contributed by atoms with van der Waals surface area (Å²) in [7, 11) is 0. The van der Waals surface area contributed by atoms with E-state index in [1.54, 1.807) is 6.92 Å². The summed E-state index contributed by atoms with van der Waals surface area (Å²) in [6.07, 6.45) is 2.69. The monoisotopic (exact) mass is 327 g/mol. The zero-order chi connectivity index (χ0) is 16.5. The Morgan fingerprint density at radius 1 is 1.29 bits per heavy atom. The van der Waals surface area contributed by atoms with E-state index in [2.05, 4.69) is 10.1 Å². The number of hydrogen-bond acceptors (Lipinski definition) is 5. The van der Waals surface area contributed by atoms with Gasteiger partial charge in [-0.15, -0.1) is 0 Å². The molecule has 0 radical (unpaired) electrons. The topological polar surface area (TPSA) is 68.5 Å². The van der Waals surface area contributed by atoms with Crippen molar-refractivity contribution in [2.75, 3.05) is 19.7 Å². The molecule has 1 aromatic carbocycles. The predicted molar refractivity (Wildman–Crippen MR) is 86.9 cm³/mol. The number of fused-ring (bicyclic) bond motifs is 1. The summed E-state index contributed by atoms with van der Waals surface area (Å²) in [6.45, 7) is 3.85. The molecule has 0 N–H and O–H groups in total. The number of ether oxygens (including phenoxy) is 1. The van der Waals surface area contributed by atoms with E-state index in [1.165, 1.54) is 0 Å². The highest BCUT2D eigenvalue weighted by atomic mass is 16.5. The number of rotatable bonds is 2. The Balaban J connectivity index is 1.52. The second-order valence-corrected chi connectivity index (χ2v) is 6.52. The van der Waals surface area contributed by atoms with E-state index in [9.17, 15) is 4.79 Å². The van der Waals surface area contributed by atoms with Gasteiger partial charge < -0.3 is 14.2 Å². The average molecular weight is 327 g/mol. The van der Waals surface area contributed by atoms with Crippen LogP contribution in [0.2, 0.25) is 0 Å². The lowest BCUT2D eigenvalue weighted by Crippen LogP contribution is -2.42. The Bertz CT molecular complexity index is 743. The number of nitrogens with zero attached hydrogens (tertiary/aromatic N) is 3. The Labute approximate surface area is 140 Å². The van der Waals surface area contributed by atoms with Crippen molar-refractivity contribution in [1.29, 1.82) is 0 Å². The lowest BCUT2D eigenvalue weighted by atomic mass is 9.90. The molecule has 3 heterocycles. The van der Waals surface area contributed by atoms with Gasteiger partial charge in [-0.2, -0.15) is 4.98 Å². The van der Waals surface area contributed by atoms with Gasteiger partial charge in [0.25, 0.3) is 0 Å². The van der Waals surface area contributed by atoms with Gasteiger partial charge in [0.15, 0.2) is 5.82 Å². The van der Waals surface area contributed by atoms with Gasteiger partial charge in [0.05, 0.1) is 12.5 Å². The molecule has 2 aliphatic rings. The van der Waals surface area contributed by atoms with Gasteiger partial charge >= 0.3 is 0 Å². The second kappa shape index (κ2) is 6.26. The quantitative estimate of drug-likeness (QED) is 0.848. The van der Waals surface area contributed by atoms with Gasteiger partial charge in [-0.05, 0) is 25.3 Å². The summed E-state index contributed by atoms with van der Waals surface area (Å²) in [5.74, 6) is 2.38. The number of aryl methyl sites for hydroxylation is 1. The fourth-order valence-electron chi connectivity index (χ4n) is 3.69. The average Bonchev–Trinajstić information content (AvgIpc) is 3.07. The number of carbonyl (C=O) groups excluding carboxylic acids is 1. The highest BCUT2D eigenvalue weighted by molar-refractivity contribution is 5.85. The maximum absolute atomic E-state index is 13.1. The van der Waals surface area contributed by atoms with Crippen LogP contribution in [-0.2, 0) is 4.79 Å². The molecule has 1 aromatic heterocycles. The molecule has 2 atom stereocenters. The lowest BCUT2D eigenvalue weighted by molar-refractivity contribution is -0.134. The molecule has 1 fully saturated rings. The number of aromatic nitrogens is 2. The van der Waals surface area contributed by atoms with Crippen molar-refractivity contribution in [1.82, 2.24) is 15.0 Å². The molecule has 6 nitrogen and oxygen atoms in total. The van der Waals surface area contributed by atoms with Gasteiger partial charge in [-0.3, -0.25) is 4.79 Å². The SMILES string of the molecule is Cc1nc([C@H]2CCCN(C(=O)[C@@H]3CCOc4ccccc43)C2)no1. The van der Waals surface area contributed by atoms with Crippen LogP contribution in [0.3, 0.4) is 0 Å². The van der Waals surface area contributed by atoms with Gasteiger partial charge in [-0.1, -0.05) is 23.4 Å². The molecule has 4 rings (SSSR count). The van der Waals surface area contributed by atoms with Crippen LogP contribution in [-0.4, -0.2) is 40.6 Å². The van der Waals surface area contributed by atoms with Crippen LogP contribution in [0.15, 0.2) is 28.8 Å². The van der Waals surface area contributed by atoms with Crippen LogP contribution in [0.25, 0.3) is 0 Å². The minimum absolute atomic E-state index is 0.110. The van der Waals surface area contributed by atoms with E-state index in [0.29, 0.717) is 19.0 Å². The molecule has 2 aliphatic heterocycles. The third-order valence-corrected chi connectivity index (χ3v) is 4.90. The molecule has 0 aliphatic carbocycles. The van der Waals surface area contributed by atoms with Crippen LogP contribution in [0.4, 0.5) is 0 Å². The van der Waals surface area contributed by atoms with Crippen LogP contribution < -0.4 is 4.74 Å². The highest BCUT2D eigenvalue weighted by Gasteiger charge is 2.34. The molecule has 0 bridgehead atoms. The molecule has 1 saturated heterocycles. The van der Waals surface area contributed by atoms with Crippen molar-refractivity contribution in [3.8, 4) is 5.75 Å². The smallest absolute Gasteiger partial charge is 0.230 e. The van der Waals surface area contributed by atoms with Crippen molar-refractivity contribution in [2.45, 2.75) is 38.0 Å². The van der Waals surface area contributed by atoms with Gasteiger partial charge in [-0.25, -0.2) is 0 Å². The van der Waals surface area contributed by atoms with E-state index < -0.39 is 0 Å². The third-order valence-electron chi connectivity index (χ3n) is 4.90. The van der Waals surface area contributed by atoms with E-state index in [-0.39, 0.29) is 17.7 Å². The Hall–Kier alpha value is -2.37. The largest absolute Gasteiger partial charge is 0.493 e. The minimum Gasteiger partial charge on any atom is -0.493 e. The van der Waals surface area contributed by atoms with E-state index in [4.69, 9.17) is 9.26 Å². The van der Waals surface area contributed by atoms with Crippen molar-refractivity contribution >= 4 is 5.91 Å². The van der Waals surface area contributed by atoms with Crippen LogP contribution in [0.1, 0.15) is 48.4 Å². The summed E-state index contributed by atoms with van der Waals surface area (Å²) < 4.78 is 10.8. The highest BCUT2D eigenvalue weighted by Crippen LogP contribution is 2.36. The molecule has 126 valence electrons. The standard InChI is InChI=1S/C18H21N3O3/c1-12-19-17(20-24-12)13-5-4-9-21(11-13)18(22)15-8-10-23-16-7-3-2-6-14(15)16/h2-3,6-7,13,15H,4-5,8-11H2,1H3/t13-,15+/m0/s1. The first kappa shape index (κ1) is 15.2.